The van der Waals surface area contributed by atoms with E-state index in [9.17, 15) is 9.59 Å². The minimum absolute atomic E-state index is 0.00916. The van der Waals surface area contributed by atoms with Crippen molar-refractivity contribution in [1.82, 2.24) is 9.47 Å². The summed E-state index contributed by atoms with van der Waals surface area (Å²) in [6, 6.07) is 3.67. The van der Waals surface area contributed by atoms with E-state index in [2.05, 4.69) is 10.2 Å². The van der Waals surface area contributed by atoms with E-state index in [0.29, 0.717) is 18.5 Å². The maximum absolute atomic E-state index is 12.9. The van der Waals surface area contributed by atoms with Gasteiger partial charge < -0.3 is 14.8 Å². The lowest BCUT2D eigenvalue weighted by atomic mass is 9.68. The zero-order valence-corrected chi connectivity index (χ0v) is 14.4. The van der Waals surface area contributed by atoms with Crippen molar-refractivity contribution in [3.63, 3.8) is 0 Å². The van der Waals surface area contributed by atoms with Crippen LogP contribution in [0.3, 0.4) is 0 Å². The summed E-state index contributed by atoms with van der Waals surface area (Å²) < 4.78 is 1.67. The van der Waals surface area contributed by atoms with Gasteiger partial charge in [0.05, 0.1) is 5.69 Å². The summed E-state index contributed by atoms with van der Waals surface area (Å²) in [5.41, 5.74) is 0.706. The molecule has 3 heterocycles. The minimum Gasteiger partial charge on any atom is -0.321 e. The van der Waals surface area contributed by atoms with Crippen LogP contribution < -0.4 is 10.9 Å². The number of hydrogen-bond acceptors (Lipinski definition) is 2. The molecule has 4 fully saturated rings. The molecule has 0 aromatic carbocycles. The van der Waals surface area contributed by atoms with E-state index in [1.807, 2.05) is 6.92 Å². The van der Waals surface area contributed by atoms with E-state index in [0.717, 1.165) is 30.5 Å². The third-order valence-corrected chi connectivity index (χ3v) is 6.07. The van der Waals surface area contributed by atoms with Crippen LogP contribution in [-0.4, -0.2) is 28.1 Å². The first-order valence-corrected chi connectivity index (χ1v) is 9.40. The second-order valence-corrected chi connectivity index (χ2v) is 7.96. The number of amides is 2. The topological polar surface area (TPSA) is 54.3 Å². The Morgan fingerprint density at radius 2 is 1.83 bits per heavy atom. The third-order valence-electron chi connectivity index (χ3n) is 6.07. The van der Waals surface area contributed by atoms with Crippen molar-refractivity contribution in [2.24, 2.45) is 17.8 Å². The van der Waals surface area contributed by atoms with Crippen LogP contribution >= 0.6 is 0 Å². The highest BCUT2D eigenvalue weighted by atomic mass is 16.2. The zero-order valence-electron chi connectivity index (χ0n) is 14.4. The lowest BCUT2D eigenvalue weighted by Crippen LogP contribution is -2.44. The summed E-state index contributed by atoms with van der Waals surface area (Å²) in [5, 5.41) is 3.04. The number of pyridine rings is 1. The van der Waals surface area contributed by atoms with Gasteiger partial charge in [-0.1, -0.05) is 6.92 Å². The van der Waals surface area contributed by atoms with Crippen LogP contribution in [0.15, 0.2) is 23.1 Å². The van der Waals surface area contributed by atoms with Crippen molar-refractivity contribution in [2.45, 2.75) is 58.0 Å². The van der Waals surface area contributed by atoms with Gasteiger partial charge in [-0.2, -0.15) is 0 Å². The van der Waals surface area contributed by atoms with E-state index in [-0.39, 0.29) is 11.6 Å². The highest BCUT2D eigenvalue weighted by Crippen LogP contribution is 2.47. The first kappa shape index (κ1) is 15.7. The van der Waals surface area contributed by atoms with Gasteiger partial charge in [-0.05, 0) is 62.3 Å². The number of urea groups is 1. The number of carbonyl (C=O) groups excluding carboxylic acids is 1. The molecule has 0 radical (unpaired) electrons. The molecule has 4 aliphatic rings. The standard InChI is InChI=1S/C19H27N3O2/c1-2-5-21-12-16(3-4-18(21)23)20-19(24)22-11-15-7-13-6-14(8-15)10-17(22)9-13/h3-4,12-15,17H,2,5-11H2,1H3,(H,20,24). The average molecular weight is 329 g/mol. The van der Waals surface area contributed by atoms with Crippen molar-refractivity contribution in [3.8, 4) is 0 Å². The molecule has 2 atom stereocenters. The Balaban J connectivity index is 1.50. The van der Waals surface area contributed by atoms with E-state index in [4.69, 9.17) is 0 Å². The summed E-state index contributed by atoms with van der Waals surface area (Å²) >= 11 is 0. The number of fused-ring (bicyclic) bond motifs is 1. The van der Waals surface area contributed by atoms with E-state index in [1.54, 1.807) is 22.9 Å². The molecule has 2 saturated carbocycles. The van der Waals surface area contributed by atoms with E-state index < -0.39 is 0 Å². The van der Waals surface area contributed by atoms with Crippen LogP contribution in [0.1, 0.15) is 45.4 Å². The molecule has 2 saturated heterocycles. The van der Waals surface area contributed by atoms with Gasteiger partial charge in [0.2, 0.25) is 0 Å². The van der Waals surface area contributed by atoms with Gasteiger partial charge in [0, 0.05) is 31.4 Å². The molecule has 1 aromatic rings. The molecule has 5 nitrogen and oxygen atoms in total. The Hall–Kier alpha value is -1.78. The van der Waals surface area contributed by atoms with Crippen LogP contribution in [0, 0.1) is 17.8 Å². The average Bonchev–Trinajstić information content (AvgIpc) is 2.74. The molecule has 1 aromatic heterocycles. The van der Waals surface area contributed by atoms with Crippen molar-refractivity contribution < 1.29 is 4.79 Å². The number of nitrogens with zero attached hydrogens (tertiary/aromatic N) is 2. The second kappa shape index (κ2) is 6.26. The van der Waals surface area contributed by atoms with Crippen LogP contribution in [0.5, 0.6) is 0 Å². The Labute approximate surface area is 143 Å². The summed E-state index contributed by atoms with van der Waals surface area (Å²) in [6.45, 7) is 3.62. The van der Waals surface area contributed by atoms with Gasteiger partial charge in [-0.25, -0.2) is 4.79 Å². The van der Waals surface area contributed by atoms with Crippen molar-refractivity contribution in [2.75, 3.05) is 11.9 Å². The first-order chi connectivity index (χ1) is 11.6. The fourth-order valence-corrected chi connectivity index (χ4v) is 5.25. The van der Waals surface area contributed by atoms with Gasteiger partial charge >= 0.3 is 6.03 Å². The van der Waals surface area contributed by atoms with Crippen molar-refractivity contribution in [1.29, 1.82) is 0 Å². The van der Waals surface area contributed by atoms with Crippen LogP contribution in [0.2, 0.25) is 0 Å². The van der Waals surface area contributed by atoms with Gasteiger partial charge in [0.25, 0.3) is 5.56 Å². The number of rotatable bonds is 3. The van der Waals surface area contributed by atoms with Gasteiger partial charge in [0.15, 0.2) is 0 Å². The number of carbonyl (C=O) groups is 1. The first-order valence-electron chi connectivity index (χ1n) is 9.40. The zero-order chi connectivity index (χ0) is 16.7. The molecule has 2 amide bonds. The molecule has 5 rings (SSSR count). The molecule has 24 heavy (non-hydrogen) atoms. The number of aromatic nitrogens is 1. The second-order valence-electron chi connectivity index (χ2n) is 7.96. The number of nitrogens with one attached hydrogen (secondary N) is 1. The molecule has 2 aliphatic heterocycles. The highest BCUT2D eigenvalue weighted by molar-refractivity contribution is 5.89. The quantitative estimate of drug-likeness (QED) is 0.925. The summed E-state index contributed by atoms with van der Waals surface area (Å²) in [7, 11) is 0. The van der Waals surface area contributed by atoms with Crippen LogP contribution in [0.25, 0.3) is 0 Å². The Kier molecular flexibility index (Phi) is 4.10. The van der Waals surface area contributed by atoms with Crippen molar-refractivity contribution >= 4 is 11.7 Å². The molecule has 5 heteroatoms. The molecule has 130 valence electrons. The minimum atomic E-state index is -0.0134. The highest BCUT2D eigenvalue weighted by Gasteiger charge is 2.44. The summed E-state index contributed by atoms with van der Waals surface area (Å²) in [5.74, 6) is 2.34. The third kappa shape index (κ3) is 2.96. The molecule has 4 bridgehead atoms. The van der Waals surface area contributed by atoms with Crippen LogP contribution in [0.4, 0.5) is 10.5 Å². The molecule has 2 aliphatic carbocycles. The lowest BCUT2D eigenvalue weighted by Gasteiger charge is -2.38. The molecular weight excluding hydrogens is 302 g/mol. The Bertz CT molecular complexity index is 669. The summed E-state index contributed by atoms with van der Waals surface area (Å²) in [4.78, 5) is 26.8. The fraction of sp³-hybridized carbons (Fsp3) is 0.684. The smallest absolute Gasteiger partial charge is 0.321 e. The molecule has 1 N–H and O–H groups in total. The van der Waals surface area contributed by atoms with Crippen molar-refractivity contribution in [3.05, 3.63) is 28.7 Å². The van der Waals surface area contributed by atoms with Gasteiger partial charge in [-0.15, -0.1) is 0 Å². The number of hydrogen-bond donors (Lipinski definition) is 1. The van der Waals surface area contributed by atoms with Crippen LogP contribution in [-0.2, 0) is 6.54 Å². The predicted molar refractivity (Wildman–Crippen MR) is 94.1 cm³/mol. The van der Waals surface area contributed by atoms with E-state index >= 15 is 0 Å². The normalized spacial score (nSPS) is 31.1. The predicted octanol–water partition coefficient (Wildman–Crippen LogP) is 3.30. The van der Waals surface area contributed by atoms with Gasteiger partial charge in [-0.3, -0.25) is 4.79 Å². The van der Waals surface area contributed by atoms with E-state index in [1.165, 1.54) is 32.1 Å². The maximum Gasteiger partial charge on any atom is 0.322 e. The number of anilines is 1. The SMILES string of the molecule is CCCn1cc(NC(=O)N2CC3CC4CC(C3)CC2C4)ccc1=O. The number of aryl methyl sites for hydroxylation is 1. The summed E-state index contributed by atoms with van der Waals surface area (Å²) in [6.07, 6.45) is 9.01. The fourth-order valence-electron chi connectivity index (χ4n) is 5.25. The lowest BCUT2D eigenvalue weighted by molar-refractivity contribution is 0.136. The van der Waals surface area contributed by atoms with Gasteiger partial charge in [0.1, 0.15) is 0 Å². The largest absolute Gasteiger partial charge is 0.322 e. The monoisotopic (exact) mass is 329 g/mol. The Morgan fingerprint density at radius 3 is 2.54 bits per heavy atom. The molecule has 2 unspecified atom stereocenters. The molecule has 0 spiro atoms. The Morgan fingerprint density at radius 1 is 1.12 bits per heavy atom. The maximum atomic E-state index is 12.9. The molecular formula is C19H27N3O2.